The Labute approximate surface area is 117 Å². The molecule has 0 saturated heterocycles. The van der Waals surface area contributed by atoms with E-state index in [0.29, 0.717) is 5.92 Å². The van der Waals surface area contributed by atoms with Crippen molar-refractivity contribution in [3.63, 3.8) is 0 Å². The highest BCUT2D eigenvalue weighted by molar-refractivity contribution is 5.60. The largest absolute Gasteiger partial charge is 0.373 e. The summed E-state index contributed by atoms with van der Waals surface area (Å²) in [6.07, 6.45) is 1.13. The first-order valence-corrected chi connectivity index (χ1v) is 7.03. The Kier molecular flexibility index (Phi) is 6.38. The topological polar surface area (TPSA) is 39.1 Å². The third-order valence-corrected chi connectivity index (χ3v) is 2.99. The highest BCUT2D eigenvalue weighted by Gasteiger charge is 2.09. The van der Waals surface area contributed by atoms with E-state index in [9.17, 15) is 5.26 Å². The Morgan fingerprint density at radius 1 is 1.37 bits per heavy atom. The van der Waals surface area contributed by atoms with Crippen molar-refractivity contribution >= 4 is 5.69 Å². The number of nitriles is 1. The van der Waals surface area contributed by atoms with Crippen molar-refractivity contribution in [3.05, 3.63) is 29.3 Å². The van der Waals surface area contributed by atoms with Gasteiger partial charge in [-0.2, -0.15) is 5.26 Å². The molecule has 0 amide bonds. The molecule has 0 atom stereocenters. The molecule has 0 fully saturated rings. The molecule has 0 bridgehead atoms. The average molecular weight is 259 g/mol. The van der Waals surface area contributed by atoms with Crippen LogP contribution in [-0.2, 0) is 6.54 Å². The Morgan fingerprint density at radius 2 is 2.11 bits per heavy atom. The van der Waals surface area contributed by atoms with Crippen LogP contribution in [-0.4, -0.2) is 20.1 Å². The van der Waals surface area contributed by atoms with Crippen molar-refractivity contribution in [2.45, 2.75) is 33.7 Å². The molecule has 104 valence electrons. The predicted molar refractivity (Wildman–Crippen MR) is 81.3 cm³/mol. The average Bonchev–Trinajstić information content (AvgIpc) is 2.38. The minimum Gasteiger partial charge on any atom is -0.373 e. The first-order valence-electron chi connectivity index (χ1n) is 7.03. The van der Waals surface area contributed by atoms with Gasteiger partial charge in [0.05, 0.1) is 11.3 Å². The summed E-state index contributed by atoms with van der Waals surface area (Å²) in [5.74, 6) is 0.586. The Morgan fingerprint density at radius 3 is 2.68 bits per heavy atom. The number of rotatable bonds is 7. The number of nitrogens with zero attached hydrogens (tertiary/aromatic N) is 2. The minimum absolute atomic E-state index is 0.586. The monoisotopic (exact) mass is 259 g/mol. The first kappa shape index (κ1) is 15.5. The summed E-state index contributed by atoms with van der Waals surface area (Å²) in [7, 11) is 2.05. The molecule has 1 rings (SSSR count). The number of hydrogen-bond acceptors (Lipinski definition) is 3. The molecule has 1 aromatic carbocycles. The third kappa shape index (κ3) is 4.92. The lowest BCUT2D eigenvalue weighted by Gasteiger charge is -2.23. The highest BCUT2D eigenvalue weighted by atomic mass is 15.1. The maximum Gasteiger partial charge on any atom is 0.101 e. The summed E-state index contributed by atoms with van der Waals surface area (Å²) in [5.41, 5.74) is 2.96. The van der Waals surface area contributed by atoms with Gasteiger partial charge in [-0.3, -0.25) is 0 Å². The molecular weight excluding hydrogens is 234 g/mol. The van der Waals surface area contributed by atoms with Gasteiger partial charge in [0.2, 0.25) is 0 Å². The molecule has 0 saturated carbocycles. The van der Waals surface area contributed by atoms with Crippen LogP contribution in [0.1, 0.15) is 38.3 Å². The lowest BCUT2D eigenvalue weighted by molar-refractivity contribution is 0.638. The summed E-state index contributed by atoms with van der Waals surface area (Å²) in [4.78, 5) is 2.16. The maximum atomic E-state index is 9.30. The molecule has 3 heteroatoms. The molecule has 0 aliphatic rings. The molecule has 0 unspecified atom stereocenters. The molecule has 0 heterocycles. The van der Waals surface area contributed by atoms with Gasteiger partial charge < -0.3 is 10.2 Å². The molecule has 0 spiro atoms. The van der Waals surface area contributed by atoms with Gasteiger partial charge in [0.25, 0.3) is 0 Å². The summed E-state index contributed by atoms with van der Waals surface area (Å²) in [5, 5.41) is 12.7. The zero-order valence-electron chi connectivity index (χ0n) is 12.5. The summed E-state index contributed by atoms with van der Waals surface area (Å²) in [6.45, 7) is 9.32. The van der Waals surface area contributed by atoms with Crippen LogP contribution in [0.2, 0.25) is 0 Å². The molecular formula is C16H25N3. The standard InChI is InChI=1S/C16H25N3/c1-5-8-18-11-14-6-7-16(15(9-14)10-17)19(4)12-13(2)3/h6-7,9,13,18H,5,8,11-12H2,1-4H3. The first-order chi connectivity index (χ1) is 9.08. The van der Waals surface area contributed by atoms with Crippen molar-refractivity contribution in [1.82, 2.24) is 5.32 Å². The van der Waals surface area contributed by atoms with Crippen LogP contribution in [0.3, 0.4) is 0 Å². The molecule has 0 aliphatic carbocycles. The second-order valence-electron chi connectivity index (χ2n) is 5.41. The SMILES string of the molecule is CCCNCc1ccc(N(C)CC(C)C)c(C#N)c1. The molecule has 0 aliphatic heterocycles. The van der Waals surface area contributed by atoms with E-state index in [1.807, 2.05) is 13.1 Å². The van der Waals surface area contributed by atoms with E-state index < -0.39 is 0 Å². The van der Waals surface area contributed by atoms with Crippen LogP contribution in [0.15, 0.2) is 18.2 Å². The van der Waals surface area contributed by atoms with Crippen LogP contribution < -0.4 is 10.2 Å². The summed E-state index contributed by atoms with van der Waals surface area (Å²) < 4.78 is 0. The number of benzene rings is 1. The minimum atomic E-state index is 0.586. The third-order valence-electron chi connectivity index (χ3n) is 2.99. The fraction of sp³-hybridized carbons (Fsp3) is 0.562. The van der Waals surface area contributed by atoms with Crippen LogP contribution in [0.25, 0.3) is 0 Å². The maximum absolute atomic E-state index is 9.30. The second kappa shape index (κ2) is 7.81. The van der Waals surface area contributed by atoms with Crippen molar-refractivity contribution < 1.29 is 0 Å². The van der Waals surface area contributed by atoms with Crippen molar-refractivity contribution in [3.8, 4) is 6.07 Å². The van der Waals surface area contributed by atoms with Gasteiger partial charge in [-0.25, -0.2) is 0 Å². The molecule has 0 aromatic heterocycles. The van der Waals surface area contributed by atoms with E-state index in [0.717, 1.165) is 37.3 Å². The molecule has 19 heavy (non-hydrogen) atoms. The second-order valence-corrected chi connectivity index (χ2v) is 5.41. The van der Waals surface area contributed by atoms with E-state index >= 15 is 0 Å². The van der Waals surface area contributed by atoms with Gasteiger partial charge in [0, 0.05) is 20.1 Å². The van der Waals surface area contributed by atoms with E-state index in [-0.39, 0.29) is 0 Å². The smallest absolute Gasteiger partial charge is 0.101 e. The number of anilines is 1. The Hall–Kier alpha value is -1.53. The summed E-state index contributed by atoms with van der Waals surface area (Å²) in [6, 6.07) is 8.47. The van der Waals surface area contributed by atoms with E-state index in [4.69, 9.17) is 0 Å². The molecule has 1 aromatic rings. The van der Waals surface area contributed by atoms with Gasteiger partial charge in [-0.05, 0) is 36.6 Å². The fourth-order valence-electron chi connectivity index (χ4n) is 2.17. The van der Waals surface area contributed by atoms with Crippen molar-refractivity contribution in [2.24, 2.45) is 5.92 Å². The van der Waals surface area contributed by atoms with Gasteiger partial charge in [-0.15, -0.1) is 0 Å². The zero-order valence-corrected chi connectivity index (χ0v) is 12.5. The number of nitrogens with one attached hydrogen (secondary N) is 1. The van der Waals surface area contributed by atoms with Crippen molar-refractivity contribution in [1.29, 1.82) is 5.26 Å². The normalized spacial score (nSPS) is 10.5. The predicted octanol–water partition coefficient (Wildman–Crippen LogP) is 3.15. The lowest BCUT2D eigenvalue weighted by Crippen LogP contribution is -2.23. The Balaban J connectivity index is 2.81. The van der Waals surface area contributed by atoms with Crippen LogP contribution in [0, 0.1) is 17.2 Å². The van der Waals surface area contributed by atoms with Crippen LogP contribution in [0.4, 0.5) is 5.69 Å². The lowest BCUT2D eigenvalue weighted by atomic mass is 10.1. The zero-order chi connectivity index (χ0) is 14.3. The molecule has 1 N–H and O–H groups in total. The summed E-state index contributed by atoms with van der Waals surface area (Å²) >= 11 is 0. The highest BCUT2D eigenvalue weighted by Crippen LogP contribution is 2.21. The van der Waals surface area contributed by atoms with Gasteiger partial charge in [0.1, 0.15) is 6.07 Å². The van der Waals surface area contributed by atoms with Crippen LogP contribution >= 0.6 is 0 Å². The van der Waals surface area contributed by atoms with E-state index in [2.05, 4.69) is 49.2 Å². The Bertz CT molecular complexity index is 432. The fourth-order valence-corrected chi connectivity index (χ4v) is 2.17. The quantitative estimate of drug-likeness (QED) is 0.765. The molecule has 3 nitrogen and oxygen atoms in total. The van der Waals surface area contributed by atoms with E-state index in [1.165, 1.54) is 5.56 Å². The van der Waals surface area contributed by atoms with Crippen LogP contribution in [0.5, 0.6) is 0 Å². The van der Waals surface area contributed by atoms with Crippen molar-refractivity contribution in [2.75, 3.05) is 25.0 Å². The van der Waals surface area contributed by atoms with Gasteiger partial charge >= 0.3 is 0 Å². The van der Waals surface area contributed by atoms with Gasteiger partial charge in [-0.1, -0.05) is 26.8 Å². The molecule has 0 radical (unpaired) electrons. The van der Waals surface area contributed by atoms with Gasteiger partial charge in [0.15, 0.2) is 0 Å². The van der Waals surface area contributed by atoms with E-state index in [1.54, 1.807) is 0 Å². The number of hydrogen-bond donors (Lipinski definition) is 1.